The Morgan fingerprint density at radius 1 is 1.61 bits per heavy atom. The van der Waals surface area contributed by atoms with Gasteiger partial charge in [-0.2, -0.15) is 4.37 Å². The van der Waals surface area contributed by atoms with Gasteiger partial charge in [0.05, 0.1) is 0 Å². The van der Waals surface area contributed by atoms with Crippen LogP contribution in [0.15, 0.2) is 24.5 Å². The van der Waals surface area contributed by atoms with Crippen LogP contribution in [-0.4, -0.2) is 22.3 Å². The third-order valence-electron chi connectivity index (χ3n) is 2.23. The molecule has 0 aliphatic rings. The van der Waals surface area contributed by atoms with Crippen molar-refractivity contribution in [3.8, 4) is 5.88 Å². The zero-order valence-electron chi connectivity index (χ0n) is 9.71. The zero-order valence-corrected chi connectivity index (χ0v) is 10.5. The fraction of sp³-hybridized carbons (Fsp3) is 0.182. The minimum atomic E-state index is -0.561. The number of hydrogen-bond donors (Lipinski definition) is 2. The Kier molecular flexibility index (Phi) is 3.73. The van der Waals surface area contributed by atoms with Crippen LogP contribution in [0.1, 0.15) is 15.9 Å². The lowest BCUT2D eigenvalue weighted by atomic mass is 10.3. The normalized spacial score (nSPS) is 10.1. The number of rotatable bonds is 5. The van der Waals surface area contributed by atoms with E-state index >= 15 is 0 Å². The Bertz CT molecular complexity index is 541. The average Bonchev–Trinajstić information content (AvgIpc) is 2.80. The quantitative estimate of drug-likeness (QED) is 0.848. The first-order valence-corrected chi connectivity index (χ1v) is 5.98. The van der Waals surface area contributed by atoms with Crippen molar-refractivity contribution in [2.75, 3.05) is 12.4 Å². The van der Waals surface area contributed by atoms with Gasteiger partial charge in [0.2, 0.25) is 5.88 Å². The third-order valence-corrected chi connectivity index (χ3v) is 3.08. The van der Waals surface area contributed by atoms with E-state index in [1.54, 1.807) is 19.4 Å². The van der Waals surface area contributed by atoms with Gasteiger partial charge in [0, 0.05) is 25.0 Å². The second-order valence-electron chi connectivity index (χ2n) is 3.46. The lowest BCUT2D eigenvalue weighted by Crippen LogP contribution is -2.13. The van der Waals surface area contributed by atoms with E-state index in [2.05, 4.69) is 14.7 Å². The summed E-state index contributed by atoms with van der Waals surface area (Å²) in [6.07, 6.45) is 3.37. The predicted octanol–water partition coefficient (Wildman–Crippen LogP) is 1.26. The van der Waals surface area contributed by atoms with E-state index in [1.807, 2.05) is 12.1 Å². The van der Waals surface area contributed by atoms with Crippen LogP contribution in [0.4, 0.5) is 5.00 Å². The number of aromatic nitrogens is 2. The Morgan fingerprint density at radius 3 is 3.06 bits per heavy atom. The summed E-state index contributed by atoms with van der Waals surface area (Å²) in [5.74, 6) is -0.310. The minimum Gasteiger partial charge on any atom is -0.472 e. The summed E-state index contributed by atoms with van der Waals surface area (Å²) in [4.78, 5) is 15.3. The highest BCUT2D eigenvalue weighted by atomic mass is 32.1. The number of primary amides is 1. The molecule has 0 atom stereocenters. The number of amides is 1. The number of nitrogens with zero attached hydrogens (tertiary/aromatic N) is 2. The summed E-state index contributed by atoms with van der Waals surface area (Å²) in [6, 6.07) is 3.69. The van der Waals surface area contributed by atoms with Crippen molar-refractivity contribution in [3.05, 3.63) is 35.7 Å². The molecule has 0 aliphatic heterocycles. The summed E-state index contributed by atoms with van der Waals surface area (Å²) in [5, 5.41) is 3.46. The van der Waals surface area contributed by atoms with E-state index in [0.29, 0.717) is 11.6 Å². The Balaban J connectivity index is 2.15. The zero-order chi connectivity index (χ0) is 13.0. The molecule has 0 radical (unpaired) electrons. The van der Waals surface area contributed by atoms with Gasteiger partial charge < -0.3 is 15.8 Å². The molecule has 7 heteroatoms. The van der Waals surface area contributed by atoms with Gasteiger partial charge in [-0.25, -0.2) is 0 Å². The van der Waals surface area contributed by atoms with Crippen molar-refractivity contribution in [3.63, 3.8) is 0 Å². The Hall–Kier alpha value is -2.15. The van der Waals surface area contributed by atoms with Crippen molar-refractivity contribution in [2.24, 2.45) is 5.73 Å². The number of nitrogens with two attached hydrogens (primary N) is 1. The van der Waals surface area contributed by atoms with Gasteiger partial charge in [0.15, 0.2) is 0 Å². The number of nitrogens with one attached hydrogen (secondary N) is 1. The molecule has 0 unspecified atom stereocenters. The third kappa shape index (κ3) is 2.57. The smallest absolute Gasteiger partial charge is 0.257 e. The molecule has 0 bridgehead atoms. The van der Waals surface area contributed by atoms with E-state index in [0.717, 1.165) is 17.1 Å². The van der Waals surface area contributed by atoms with Crippen molar-refractivity contribution >= 4 is 22.4 Å². The van der Waals surface area contributed by atoms with E-state index in [-0.39, 0.29) is 11.4 Å². The Labute approximate surface area is 108 Å². The lowest BCUT2D eigenvalue weighted by molar-refractivity contribution is 0.0996. The number of ether oxygens (including phenoxy) is 1. The maximum absolute atomic E-state index is 11.3. The van der Waals surface area contributed by atoms with Gasteiger partial charge in [0.25, 0.3) is 5.91 Å². The molecule has 94 valence electrons. The number of hydrogen-bond acceptors (Lipinski definition) is 6. The van der Waals surface area contributed by atoms with Gasteiger partial charge in [-0.15, -0.1) is 0 Å². The van der Waals surface area contributed by atoms with Crippen LogP contribution in [0, 0.1) is 0 Å². The highest BCUT2D eigenvalue weighted by Gasteiger charge is 2.19. The first kappa shape index (κ1) is 12.3. The first-order valence-electron chi connectivity index (χ1n) is 5.21. The molecule has 0 fully saturated rings. The van der Waals surface area contributed by atoms with Crippen molar-refractivity contribution < 1.29 is 9.53 Å². The second kappa shape index (κ2) is 5.46. The van der Waals surface area contributed by atoms with Gasteiger partial charge >= 0.3 is 0 Å². The minimum absolute atomic E-state index is 0.251. The summed E-state index contributed by atoms with van der Waals surface area (Å²) in [7, 11) is 1.70. The molecule has 6 nitrogen and oxygen atoms in total. The predicted molar refractivity (Wildman–Crippen MR) is 68.7 cm³/mol. The van der Waals surface area contributed by atoms with E-state index in [1.165, 1.54) is 0 Å². The molecule has 0 aliphatic carbocycles. The highest BCUT2D eigenvalue weighted by molar-refractivity contribution is 7.10. The van der Waals surface area contributed by atoms with Crippen LogP contribution >= 0.6 is 11.5 Å². The van der Waals surface area contributed by atoms with Gasteiger partial charge in [0.1, 0.15) is 17.2 Å². The number of pyridine rings is 1. The van der Waals surface area contributed by atoms with Crippen molar-refractivity contribution in [2.45, 2.75) is 6.61 Å². The molecule has 2 rings (SSSR count). The van der Waals surface area contributed by atoms with Crippen LogP contribution in [0.2, 0.25) is 0 Å². The van der Waals surface area contributed by atoms with E-state index in [9.17, 15) is 4.79 Å². The molecule has 2 aromatic rings. The number of anilines is 1. The molecule has 2 aromatic heterocycles. The summed E-state index contributed by atoms with van der Waals surface area (Å²) in [5.41, 5.74) is 6.48. The fourth-order valence-corrected chi connectivity index (χ4v) is 2.09. The Morgan fingerprint density at radius 2 is 2.44 bits per heavy atom. The average molecular weight is 264 g/mol. The lowest BCUT2D eigenvalue weighted by Gasteiger charge is -2.04. The molecule has 3 N–H and O–H groups in total. The van der Waals surface area contributed by atoms with Crippen LogP contribution in [0.5, 0.6) is 5.88 Å². The van der Waals surface area contributed by atoms with Gasteiger partial charge in [-0.3, -0.25) is 9.78 Å². The second-order valence-corrected chi connectivity index (χ2v) is 4.23. The standard InChI is InChI=1S/C11H12N4O2S/c1-13-11-8(9(12)16)10(15-18-11)17-6-7-3-2-4-14-5-7/h2-5,13H,6H2,1H3,(H2,12,16). The summed E-state index contributed by atoms with van der Waals surface area (Å²) < 4.78 is 9.54. The molecule has 2 heterocycles. The summed E-state index contributed by atoms with van der Waals surface area (Å²) in [6.45, 7) is 0.293. The number of carbonyl (C=O) groups excluding carboxylic acids is 1. The van der Waals surface area contributed by atoms with Crippen LogP contribution in [-0.2, 0) is 6.61 Å². The monoisotopic (exact) mass is 264 g/mol. The maximum Gasteiger partial charge on any atom is 0.257 e. The topological polar surface area (TPSA) is 90.1 Å². The van der Waals surface area contributed by atoms with Crippen molar-refractivity contribution in [1.82, 2.24) is 9.36 Å². The summed E-state index contributed by atoms with van der Waals surface area (Å²) >= 11 is 1.14. The van der Waals surface area contributed by atoms with Crippen molar-refractivity contribution in [1.29, 1.82) is 0 Å². The van der Waals surface area contributed by atoms with Gasteiger partial charge in [-0.1, -0.05) is 6.07 Å². The number of carbonyl (C=O) groups is 1. The SMILES string of the molecule is CNc1snc(OCc2cccnc2)c1C(N)=O. The van der Waals surface area contributed by atoms with Crippen LogP contribution < -0.4 is 15.8 Å². The maximum atomic E-state index is 11.3. The van der Waals surface area contributed by atoms with Crippen LogP contribution in [0.25, 0.3) is 0 Å². The van der Waals surface area contributed by atoms with Gasteiger partial charge in [-0.05, 0) is 17.6 Å². The largest absolute Gasteiger partial charge is 0.472 e. The van der Waals surface area contributed by atoms with E-state index in [4.69, 9.17) is 10.5 Å². The molecule has 0 aromatic carbocycles. The molecule has 0 saturated carbocycles. The molecule has 0 saturated heterocycles. The van der Waals surface area contributed by atoms with Crippen LogP contribution in [0.3, 0.4) is 0 Å². The molecule has 0 spiro atoms. The van der Waals surface area contributed by atoms with E-state index < -0.39 is 5.91 Å². The molecule has 18 heavy (non-hydrogen) atoms. The fourth-order valence-electron chi connectivity index (χ4n) is 1.40. The first-order chi connectivity index (χ1) is 8.72. The molecule has 1 amide bonds. The molecular weight excluding hydrogens is 252 g/mol. The highest BCUT2D eigenvalue weighted by Crippen LogP contribution is 2.30. The molecular formula is C11H12N4O2S.